The molecule has 0 unspecified atom stereocenters. The van der Waals surface area contributed by atoms with Crippen molar-refractivity contribution in [3.05, 3.63) is 65.2 Å². The largest absolute Gasteiger partial charge is 0.496 e. The number of carbonyl (C=O) groups excluding carboxylic acids is 2. The summed E-state index contributed by atoms with van der Waals surface area (Å²) in [5.74, 6) is 0.935. The Bertz CT molecular complexity index is 827. The highest BCUT2D eigenvalue weighted by atomic mass is 16.5. The molecule has 1 aliphatic rings. The number of hydrogen-bond acceptors (Lipinski definition) is 3. The maximum atomic E-state index is 12.7. The number of hydrogen-bond donors (Lipinski definition) is 1. The van der Waals surface area contributed by atoms with Gasteiger partial charge in [-0.3, -0.25) is 4.79 Å². The van der Waals surface area contributed by atoms with E-state index in [2.05, 4.69) is 5.32 Å². The van der Waals surface area contributed by atoms with Gasteiger partial charge in [-0.25, -0.2) is 4.79 Å². The Kier molecular flexibility index (Phi) is 6.34. The average Bonchev–Trinajstić information content (AvgIpc) is 2.73. The first-order valence-corrected chi connectivity index (χ1v) is 9.79. The van der Waals surface area contributed by atoms with Gasteiger partial charge in [0.2, 0.25) is 0 Å². The monoisotopic (exact) mass is 380 g/mol. The predicted molar refractivity (Wildman–Crippen MR) is 110 cm³/mol. The Morgan fingerprint density at radius 2 is 1.79 bits per heavy atom. The number of urea groups is 1. The van der Waals surface area contributed by atoms with Crippen LogP contribution in [-0.2, 0) is 0 Å². The van der Waals surface area contributed by atoms with Crippen molar-refractivity contribution < 1.29 is 14.3 Å². The molecular formula is C23H28N2O3. The fourth-order valence-corrected chi connectivity index (χ4v) is 3.73. The molecule has 5 nitrogen and oxygen atoms in total. The Morgan fingerprint density at radius 1 is 1.11 bits per heavy atom. The van der Waals surface area contributed by atoms with Crippen LogP contribution in [0.4, 0.5) is 4.79 Å². The number of nitrogens with one attached hydrogen (secondary N) is 1. The molecule has 0 spiro atoms. The maximum Gasteiger partial charge on any atom is 0.317 e. The van der Waals surface area contributed by atoms with E-state index in [-0.39, 0.29) is 23.8 Å². The number of benzene rings is 2. The third-order valence-corrected chi connectivity index (χ3v) is 5.40. The van der Waals surface area contributed by atoms with Crippen LogP contribution in [0.15, 0.2) is 48.5 Å². The zero-order valence-corrected chi connectivity index (χ0v) is 16.8. The van der Waals surface area contributed by atoms with Crippen LogP contribution in [0.1, 0.15) is 47.3 Å². The number of ether oxygens (including phenoxy) is 1. The van der Waals surface area contributed by atoms with Crippen molar-refractivity contribution in [2.75, 3.05) is 20.2 Å². The summed E-state index contributed by atoms with van der Waals surface area (Å²) in [5.41, 5.74) is 2.84. The van der Waals surface area contributed by atoms with E-state index in [9.17, 15) is 9.59 Å². The van der Waals surface area contributed by atoms with Crippen LogP contribution in [0, 0.1) is 12.8 Å². The Balaban J connectivity index is 1.57. The molecule has 1 aliphatic heterocycles. The van der Waals surface area contributed by atoms with E-state index in [0.29, 0.717) is 25.9 Å². The second-order valence-corrected chi connectivity index (χ2v) is 7.41. The van der Waals surface area contributed by atoms with Crippen LogP contribution in [0.2, 0.25) is 0 Å². The second kappa shape index (κ2) is 8.91. The summed E-state index contributed by atoms with van der Waals surface area (Å²) in [6.07, 6.45) is 1.40. The smallest absolute Gasteiger partial charge is 0.317 e. The number of piperidine rings is 1. The highest BCUT2D eigenvalue weighted by Crippen LogP contribution is 2.27. The number of aryl methyl sites for hydroxylation is 1. The molecule has 0 aliphatic carbocycles. The lowest BCUT2D eigenvalue weighted by molar-refractivity contribution is 0.0853. The van der Waals surface area contributed by atoms with Gasteiger partial charge in [-0.05, 0) is 32.8 Å². The molecule has 3 rings (SSSR count). The molecule has 2 aromatic rings. The van der Waals surface area contributed by atoms with E-state index in [1.54, 1.807) is 12.0 Å². The number of amides is 2. The van der Waals surface area contributed by atoms with Gasteiger partial charge < -0.3 is 15.0 Å². The number of ketones is 1. The van der Waals surface area contributed by atoms with Crippen LogP contribution in [0.5, 0.6) is 5.75 Å². The van der Waals surface area contributed by atoms with E-state index in [4.69, 9.17) is 4.74 Å². The summed E-state index contributed by atoms with van der Waals surface area (Å²) in [7, 11) is 1.64. The Morgan fingerprint density at radius 3 is 2.43 bits per heavy atom. The molecule has 0 bridgehead atoms. The predicted octanol–water partition coefficient (Wildman–Crippen LogP) is 4.37. The molecule has 5 heteroatoms. The van der Waals surface area contributed by atoms with E-state index < -0.39 is 0 Å². The molecule has 1 N–H and O–H groups in total. The number of nitrogens with zero attached hydrogens (tertiary/aromatic N) is 1. The normalized spacial score (nSPS) is 15.8. The molecular weight excluding hydrogens is 352 g/mol. The maximum absolute atomic E-state index is 12.7. The van der Waals surface area contributed by atoms with E-state index >= 15 is 0 Å². The third-order valence-electron chi connectivity index (χ3n) is 5.40. The van der Waals surface area contributed by atoms with Crippen molar-refractivity contribution in [2.45, 2.75) is 32.7 Å². The van der Waals surface area contributed by atoms with Crippen molar-refractivity contribution >= 4 is 11.8 Å². The molecule has 1 fully saturated rings. The Labute approximate surface area is 166 Å². The number of methoxy groups -OCH3 is 1. The highest BCUT2D eigenvalue weighted by Gasteiger charge is 2.28. The lowest BCUT2D eigenvalue weighted by Gasteiger charge is -2.32. The first-order valence-electron chi connectivity index (χ1n) is 9.79. The van der Waals surface area contributed by atoms with Gasteiger partial charge in [-0.15, -0.1) is 0 Å². The minimum Gasteiger partial charge on any atom is -0.496 e. The van der Waals surface area contributed by atoms with Gasteiger partial charge in [-0.1, -0.05) is 48.0 Å². The summed E-state index contributed by atoms with van der Waals surface area (Å²) in [6.45, 7) is 5.16. The topological polar surface area (TPSA) is 58.6 Å². The summed E-state index contributed by atoms with van der Waals surface area (Å²) in [6, 6.07) is 15.1. The summed E-state index contributed by atoms with van der Waals surface area (Å²) in [5, 5.41) is 3.07. The lowest BCUT2D eigenvalue weighted by Crippen LogP contribution is -2.46. The number of rotatable bonds is 5. The molecule has 1 heterocycles. The zero-order chi connectivity index (χ0) is 20.1. The minimum absolute atomic E-state index is 0.0132. The van der Waals surface area contributed by atoms with Gasteiger partial charge in [0.25, 0.3) is 0 Å². The highest BCUT2D eigenvalue weighted by molar-refractivity contribution is 5.98. The molecule has 148 valence electrons. The number of likely N-dealkylation sites (tertiary alicyclic amines) is 1. The molecule has 0 radical (unpaired) electrons. The molecule has 2 amide bonds. The SMILES string of the molecule is COc1ccc(C)cc1[C@H](C)NC(=O)N1CCC(C(=O)c2ccccc2)CC1. The first kappa shape index (κ1) is 19.9. The molecule has 0 aromatic heterocycles. The summed E-state index contributed by atoms with van der Waals surface area (Å²) in [4.78, 5) is 27.1. The molecule has 28 heavy (non-hydrogen) atoms. The average molecular weight is 380 g/mol. The zero-order valence-electron chi connectivity index (χ0n) is 16.8. The van der Waals surface area contributed by atoms with Gasteiger partial charge in [0, 0.05) is 30.1 Å². The van der Waals surface area contributed by atoms with Crippen molar-refractivity contribution in [2.24, 2.45) is 5.92 Å². The van der Waals surface area contributed by atoms with Crippen LogP contribution >= 0.6 is 0 Å². The Hall–Kier alpha value is -2.82. The molecule has 1 atom stereocenters. The first-order chi connectivity index (χ1) is 13.5. The second-order valence-electron chi connectivity index (χ2n) is 7.41. The lowest BCUT2D eigenvalue weighted by atomic mass is 9.89. The van der Waals surface area contributed by atoms with E-state index in [1.807, 2.05) is 62.4 Å². The van der Waals surface area contributed by atoms with Crippen LogP contribution in [-0.4, -0.2) is 36.9 Å². The van der Waals surface area contributed by atoms with Crippen LogP contribution < -0.4 is 10.1 Å². The van der Waals surface area contributed by atoms with Crippen LogP contribution in [0.3, 0.4) is 0 Å². The van der Waals surface area contributed by atoms with E-state index in [0.717, 1.165) is 22.4 Å². The van der Waals surface area contributed by atoms with Gasteiger partial charge >= 0.3 is 6.03 Å². The fraction of sp³-hybridized carbons (Fsp3) is 0.391. The van der Waals surface area contributed by atoms with Gasteiger partial charge in [-0.2, -0.15) is 0 Å². The van der Waals surface area contributed by atoms with Crippen molar-refractivity contribution in [1.82, 2.24) is 10.2 Å². The quantitative estimate of drug-likeness (QED) is 0.784. The van der Waals surface area contributed by atoms with E-state index in [1.165, 1.54) is 0 Å². The minimum atomic E-state index is -0.161. The standard InChI is InChI=1S/C23H28N2O3/c1-16-9-10-21(28-3)20(15-16)17(2)24-23(27)25-13-11-19(12-14-25)22(26)18-7-5-4-6-8-18/h4-10,15,17,19H,11-14H2,1-3H3,(H,24,27)/t17-/m0/s1. The van der Waals surface area contributed by atoms with Crippen molar-refractivity contribution in [3.63, 3.8) is 0 Å². The van der Waals surface area contributed by atoms with Gasteiger partial charge in [0.15, 0.2) is 5.78 Å². The number of Topliss-reactive ketones (excluding diaryl/α,β-unsaturated/α-hetero) is 1. The van der Waals surface area contributed by atoms with Crippen molar-refractivity contribution in [3.8, 4) is 5.75 Å². The molecule has 1 saturated heterocycles. The summed E-state index contributed by atoms with van der Waals surface area (Å²) >= 11 is 0. The van der Waals surface area contributed by atoms with Gasteiger partial charge in [0.05, 0.1) is 13.2 Å². The molecule has 2 aromatic carbocycles. The van der Waals surface area contributed by atoms with Crippen molar-refractivity contribution in [1.29, 1.82) is 0 Å². The van der Waals surface area contributed by atoms with Crippen LogP contribution in [0.25, 0.3) is 0 Å². The number of carbonyl (C=O) groups is 2. The molecule has 0 saturated carbocycles. The fourth-order valence-electron chi connectivity index (χ4n) is 3.73. The third kappa shape index (κ3) is 4.53. The summed E-state index contributed by atoms with van der Waals surface area (Å²) < 4.78 is 5.43. The van der Waals surface area contributed by atoms with Gasteiger partial charge in [0.1, 0.15) is 5.75 Å².